The van der Waals surface area contributed by atoms with Gasteiger partial charge < -0.3 is 10.1 Å². The van der Waals surface area contributed by atoms with Gasteiger partial charge in [-0.1, -0.05) is 12.8 Å². The van der Waals surface area contributed by atoms with Crippen molar-refractivity contribution < 1.29 is 18.3 Å². The summed E-state index contributed by atoms with van der Waals surface area (Å²) in [6.07, 6.45) is 4.40. The summed E-state index contributed by atoms with van der Waals surface area (Å²) in [4.78, 5) is 13.7. The number of sulfonamides is 1. The minimum Gasteiger partial charge on any atom is -0.477 e. The average molecular weight is 300 g/mol. The van der Waals surface area contributed by atoms with Gasteiger partial charge in [0.15, 0.2) is 0 Å². The lowest BCUT2D eigenvalue weighted by Crippen LogP contribution is -2.29. The maximum Gasteiger partial charge on any atom is 0.352 e. The SMILES string of the molecule is Cc1[nH]c(C(=O)O)c(C)c1S(=O)(=O)NCC1CCCC1. The van der Waals surface area contributed by atoms with E-state index in [1.165, 1.54) is 6.92 Å². The van der Waals surface area contributed by atoms with Crippen molar-refractivity contribution in [1.82, 2.24) is 9.71 Å². The fourth-order valence-electron chi connectivity index (χ4n) is 2.86. The second-order valence-electron chi connectivity index (χ2n) is 5.39. The van der Waals surface area contributed by atoms with Crippen LogP contribution in [0.15, 0.2) is 4.90 Å². The molecule has 2 rings (SSSR count). The van der Waals surface area contributed by atoms with Gasteiger partial charge in [-0.05, 0) is 32.6 Å². The molecule has 1 saturated carbocycles. The van der Waals surface area contributed by atoms with Crippen LogP contribution in [0.2, 0.25) is 0 Å². The molecule has 0 bridgehead atoms. The molecule has 0 aliphatic heterocycles. The summed E-state index contributed by atoms with van der Waals surface area (Å²) in [6.45, 7) is 3.51. The minimum absolute atomic E-state index is 0.0629. The van der Waals surface area contributed by atoms with Gasteiger partial charge in [0.1, 0.15) is 10.6 Å². The van der Waals surface area contributed by atoms with E-state index in [1.54, 1.807) is 6.92 Å². The smallest absolute Gasteiger partial charge is 0.352 e. The van der Waals surface area contributed by atoms with Gasteiger partial charge in [0.05, 0.1) is 0 Å². The largest absolute Gasteiger partial charge is 0.477 e. The predicted molar refractivity (Wildman–Crippen MR) is 74.4 cm³/mol. The number of carbonyl (C=O) groups is 1. The molecule has 0 saturated heterocycles. The molecule has 1 aromatic rings. The van der Waals surface area contributed by atoms with Crippen LogP contribution in [0.3, 0.4) is 0 Å². The second kappa shape index (κ2) is 5.57. The van der Waals surface area contributed by atoms with Crippen LogP contribution in [0.25, 0.3) is 0 Å². The molecule has 20 heavy (non-hydrogen) atoms. The van der Waals surface area contributed by atoms with E-state index >= 15 is 0 Å². The zero-order valence-electron chi connectivity index (χ0n) is 11.7. The van der Waals surface area contributed by atoms with E-state index in [0.717, 1.165) is 25.7 Å². The number of rotatable bonds is 5. The molecule has 0 amide bonds. The Hall–Kier alpha value is -1.34. The number of aryl methyl sites for hydroxylation is 1. The van der Waals surface area contributed by atoms with Gasteiger partial charge >= 0.3 is 5.97 Å². The third kappa shape index (κ3) is 2.88. The van der Waals surface area contributed by atoms with E-state index in [1.807, 2.05) is 0 Å². The van der Waals surface area contributed by atoms with Crippen LogP contribution >= 0.6 is 0 Å². The summed E-state index contributed by atoms with van der Waals surface area (Å²) in [5.41, 5.74) is 0.552. The topological polar surface area (TPSA) is 99.3 Å². The molecule has 1 aliphatic rings. The van der Waals surface area contributed by atoms with E-state index in [4.69, 9.17) is 5.11 Å². The lowest BCUT2D eigenvalue weighted by molar-refractivity contribution is 0.0690. The summed E-state index contributed by atoms with van der Waals surface area (Å²) in [5.74, 6) is -0.758. The van der Waals surface area contributed by atoms with Crippen molar-refractivity contribution in [2.45, 2.75) is 44.4 Å². The van der Waals surface area contributed by atoms with Gasteiger partial charge in [0, 0.05) is 17.8 Å². The molecular formula is C13H20N2O4S. The molecule has 112 valence electrons. The van der Waals surface area contributed by atoms with Crippen molar-refractivity contribution in [3.8, 4) is 0 Å². The van der Waals surface area contributed by atoms with Gasteiger partial charge in [0.25, 0.3) is 0 Å². The molecule has 1 aliphatic carbocycles. The van der Waals surface area contributed by atoms with Gasteiger partial charge in [-0.25, -0.2) is 17.9 Å². The van der Waals surface area contributed by atoms with Crippen LogP contribution in [0, 0.1) is 19.8 Å². The number of aromatic carboxylic acids is 1. The molecule has 1 heterocycles. The normalized spacial score (nSPS) is 16.7. The minimum atomic E-state index is -3.67. The van der Waals surface area contributed by atoms with Crippen molar-refractivity contribution in [2.24, 2.45) is 5.92 Å². The fraction of sp³-hybridized carbons (Fsp3) is 0.615. The maximum absolute atomic E-state index is 12.3. The van der Waals surface area contributed by atoms with Crippen molar-refractivity contribution in [1.29, 1.82) is 0 Å². The van der Waals surface area contributed by atoms with E-state index in [2.05, 4.69) is 9.71 Å². The molecule has 0 aromatic carbocycles. The molecular weight excluding hydrogens is 280 g/mol. The summed E-state index contributed by atoms with van der Waals surface area (Å²) in [5, 5.41) is 9.03. The first-order valence-corrected chi connectivity index (χ1v) is 8.23. The Morgan fingerprint density at radius 3 is 2.45 bits per heavy atom. The van der Waals surface area contributed by atoms with Gasteiger partial charge in [-0.2, -0.15) is 0 Å². The predicted octanol–water partition coefficient (Wildman–Crippen LogP) is 1.80. The Balaban J connectivity index is 2.22. The Bertz CT molecular complexity index is 613. The number of aromatic amines is 1. The Morgan fingerprint density at radius 1 is 1.35 bits per heavy atom. The van der Waals surface area contributed by atoms with E-state index < -0.39 is 16.0 Å². The highest BCUT2D eigenvalue weighted by Gasteiger charge is 2.27. The number of hydrogen-bond acceptors (Lipinski definition) is 3. The molecule has 1 aromatic heterocycles. The summed E-state index contributed by atoms with van der Waals surface area (Å²) >= 11 is 0. The summed E-state index contributed by atoms with van der Waals surface area (Å²) in [6, 6.07) is 0. The van der Waals surface area contributed by atoms with E-state index in [-0.39, 0.29) is 16.2 Å². The van der Waals surface area contributed by atoms with Crippen LogP contribution in [0.1, 0.15) is 47.4 Å². The quantitative estimate of drug-likeness (QED) is 0.772. The monoisotopic (exact) mass is 300 g/mol. The number of aromatic nitrogens is 1. The van der Waals surface area contributed by atoms with Gasteiger partial charge in [-0.3, -0.25) is 0 Å². The molecule has 6 nitrogen and oxygen atoms in total. The Morgan fingerprint density at radius 2 is 1.95 bits per heavy atom. The number of carboxylic acids is 1. The highest BCUT2D eigenvalue weighted by atomic mass is 32.2. The lowest BCUT2D eigenvalue weighted by atomic mass is 10.1. The molecule has 0 atom stereocenters. The Labute approximate surface area is 118 Å². The first kappa shape index (κ1) is 15.1. The van der Waals surface area contributed by atoms with Crippen molar-refractivity contribution >= 4 is 16.0 Å². The lowest BCUT2D eigenvalue weighted by Gasteiger charge is -2.11. The van der Waals surface area contributed by atoms with Crippen LogP contribution < -0.4 is 4.72 Å². The highest BCUT2D eigenvalue weighted by molar-refractivity contribution is 7.89. The van der Waals surface area contributed by atoms with Crippen LogP contribution in [-0.4, -0.2) is 31.0 Å². The summed E-state index contributed by atoms with van der Waals surface area (Å²) < 4.78 is 27.3. The van der Waals surface area contributed by atoms with Crippen molar-refractivity contribution in [2.75, 3.05) is 6.54 Å². The van der Waals surface area contributed by atoms with Gasteiger partial charge in [-0.15, -0.1) is 0 Å². The average Bonchev–Trinajstić information content (AvgIpc) is 2.95. The summed E-state index contributed by atoms with van der Waals surface area (Å²) in [7, 11) is -3.67. The highest BCUT2D eigenvalue weighted by Crippen LogP contribution is 2.26. The third-order valence-electron chi connectivity index (χ3n) is 3.89. The Kier molecular flexibility index (Phi) is 4.19. The molecule has 7 heteroatoms. The number of hydrogen-bond donors (Lipinski definition) is 3. The second-order valence-corrected chi connectivity index (χ2v) is 7.09. The van der Waals surface area contributed by atoms with Crippen molar-refractivity contribution in [3.05, 3.63) is 17.0 Å². The first-order chi connectivity index (χ1) is 9.33. The zero-order chi connectivity index (χ0) is 14.9. The van der Waals surface area contributed by atoms with E-state index in [0.29, 0.717) is 18.2 Å². The molecule has 1 fully saturated rings. The van der Waals surface area contributed by atoms with Crippen LogP contribution in [0.4, 0.5) is 0 Å². The van der Waals surface area contributed by atoms with Crippen LogP contribution in [0.5, 0.6) is 0 Å². The molecule has 0 radical (unpaired) electrons. The van der Waals surface area contributed by atoms with Gasteiger partial charge in [0.2, 0.25) is 10.0 Å². The third-order valence-corrected chi connectivity index (χ3v) is 5.58. The zero-order valence-corrected chi connectivity index (χ0v) is 12.5. The first-order valence-electron chi connectivity index (χ1n) is 6.75. The van der Waals surface area contributed by atoms with E-state index in [9.17, 15) is 13.2 Å². The fourth-order valence-corrected chi connectivity index (χ4v) is 4.42. The molecule has 3 N–H and O–H groups in total. The van der Waals surface area contributed by atoms with Crippen LogP contribution in [-0.2, 0) is 10.0 Å². The number of carboxylic acid groups (broad SMARTS) is 1. The molecule has 0 spiro atoms. The number of H-pyrrole nitrogens is 1. The number of nitrogens with one attached hydrogen (secondary N) is 2. The van der Waals surface area contributed by atoms with Crippen molar-refractivity contribution in [3.63, 3.8) is 0 Å². The maximum atomic E-state index is 12.3. The molecule has 0 unspecified atom stereocenters. The standard InChI is InChI=1S/C13H20N2O4S/c1-8-11(13(16)17)15-9(2)12(8)20(18,19)14-7-10-5-3-4-6-10/h10,14-15H,3-7H2,1-2H3,(H,16,17).